The van der Waals surface area contributed by atoms with Crippen LogP contribution in [0.1, 0.15) is 0 Å². The Balaban J connectivity index is 2.62. The molecule has 9 heteroatoms. The van der Waals surface area contributed by atoms with Crippen molar-refractivity contribution in [3.05, 3.63) is 29.0 Å². The van der Waals surface area contributed by atoms with Crippen molar-refractivity contribution < 1.29 is 12.8 Å². The molecule has 0 unspecified atom stereocenters. The van der Waals surface area contributed by atoms with Crippen LogP contribution in [0.2, 0.25) is 5.02 Å². The van der Waals surface area contributed by atoms with E-state index in [1.807, 2.05) is 0 Å². The Kier molecular flexibility index (Phi) is 6.18. The molecular formula is C11H16ClFN4O2S. The lowest BCUT2D eigenvalue weighted by Crippen LogP contribution is -2.39. The van der Waals surface area contributed by atoms with Gasteiger partial charge in [-0.1, -0.05) is 11.6 Å². The highest BCUT2D eigenvalue weighted by molar-refractivity contribution is 7.89. The summed E-state index contributed by atoms with van der Waals surface area (Å²) in [6, 6.07) is 3.12. The molecule has 0 aliphatic heterocycles. The summed E-state index contributed by atoms with van der Waals surface area (Å²) in [4.78, 5) is 3.72. The Morgan fingerprint density at radius 1 is 1.40 bits per heavy atom. The van der Waals surface area contributed by atoms with Crippen LogP contribution in [0.25, 0.3) is 0 Å². The van der Waals surface area contributed by atoms with E-state index in [9.17, 15) is 12.8 Å². The fourth-order valence-electron chi connectivity index (χ4n) is 1.42. The van der Waals surface area contributed by atoms with Gasteiger partial charge in [0.05, 0.1) is 5.02 Å². The number of rotatable bonds is 5. The van der Waals surface area contributed by atoms with E-state index < -0.39 is 15.8 Å². The molecule has 0 bridgehead atoms. The maximum atomic E-state index is 12.9. The third kappa shape index (κ3) is 4.62. The third-order valence-corrected chi connectivity index (χ3v) is 4.30. The summed E-state index contributed by atoms with van der Waals surface area (Å²) < 4.78 is 39.2. The van der Waals surface area contributed by atoms with Gasteiger partial charge in [0.25, 0.3) is 0 Å². The molecule has 0 fully saturated rings. The molecule has 0 saturated heterocycles. The standard InChI is InChI=1S/C11H16ClFN4O2S/c1-14-11(15-2)16-5-6-17-20(18,19)10-4-3-8(13)7-9(10)12/h3-4,7,17H,5-6H2,1-2H3,(H2,14,15,16). The lowest BCUT2D eigenvalue weighted by Gasteiger charge is -2.10. The predicted octanol–water partition coefficient (Wildman–Crippen LogP) is 0.552. The van der Waals surface area contributed by atoms with Crippen LogP contribution >= 0.6 is 11.6 Å². The molecule has 0 aliphatic carbocycles. The van der Waals surface area contributed by atoms with Crippen LogP contribution < -0.4 is 15.4 Å². The SMILES string of the molecule is CN=C(NC)NCCNS(=O)(=O)c1ccc(F)cc1Cl. The number of nitrogens with one attached hydrogen (secondary N) is 3. The van der Waals surface area contributed by atoms with Crippen LogP contribution in [0.15, 0.2) is 28.1 Å². The molecule has 1 aromatic rings. The molecule has 1 aromatic carbocycles. The van der Waals surface area contributed by atoms with E-state index in [-0.39, 0.29) is 16.5 Å². The maximum Gasteiger partial charge on any atom is 0.242 e. The van der Waals surface area contributed by atoms with E-state index >= 15 is 0 Å². The van der Waals surface area contributed by atoms with Crippen LogP contribution in [0, 0.1) is 5.82 Å². The highest BCUT2D eigenvalue weighted by Gasteiger charge is 2.17. The minimum Gasteiger partial charge on any atom is -0.359 e. The molecule has 0 amide bonds. The summed E-state index contributed by atoms with van der Waals surface area (Å²) in [6.45, 7) is 0.474. The van der Waals surface area contributed by atoms with E-state index in [4.69, 9.17) is 11.6 Å². The van der Waals surface area contributed by atoms with Gasteiger partial charge in [0, 0.05) is 27.2 Å². The lowest BCUT2D eigenvalue weighted by atomic mass is 10.3. The normalized spacial score (nSPS) is 12.3. The fourth-order valence-corrected chi connectivity index (χ4v) is 2.98. The Hall–Kier alpha value is -1.38. The first-order valence-electron chi connectivity index (χ1n) is 5.74. The van der Waals surface area contributed by atoms with E-state index in [0.29, 0.717) is 12.5 Å². The molecule has 6 nitrogen and oxygen atoms in total. The molecule has 20 heavy (non-hydrogen) atoms. The molecule has 3 N–H and O–H groups in total. The van der Waals surface area contributed by atoms with Crippen molar-refractivity contribution in [2.45, 2.75) is 4.90 Å². The largest absolute Gasteiger partial charge is 0.359 e. The Labute approximate surface area is 122 Å². The Morgan fingerprint density at radius 2 is 2.10 bits per heavy atom. The number of nitrogens with zero attached hydrogens (tertiary/aromatic N) is 1. The topological polar surface area (TPSA) is 82.6 Å². The van der Waals surface area contributed by atoms with Crippen LogP contribution in [-0.4, -0.2) is 41.6 Å². The van der Waals surface area contributed by atoms with Gasteiger partial charge in [-0.15, -0.1) is 0 Å². The number of sulfonamides is 1. The number of benzene rings is 1. The molecule has 0 aliphatic rings. The van der Waals surface area contributed by atoms with Crippen molar-refractivity contribution in [2.24, 2.45) is 4.99 Å². The molecular weight excluding hydrogens is 307 g/mol. The fraction of sp³-hybridized carbons (Fsp3) is 0.364. The first-order chi connectivity index (χ1) is 9.40. The Bertz CT molecular complexity index is 592. The zero-order valence-electron chi connectivity index (χ0n) is 11.1. The lowest BCUT2D eigenvalue weighted by molar-refractivity contribution is 0.580. The smallest absolute Gasteiger partial charge is 0.242 e. The van der Waals surface area contributed by atoms with Gasteiger partial charge in [0.1, 0.15) is 10.7 Å². The molecule has 112 valence electrons. The van der Waals surface area contributed by atoms with Crippen molar-refractivity contribution in [1.29, 1.82) is 0 Å². The zero-order chi connectivity index (χ0) is 15.2. The number of hydrogen-bond acceptors (Lipinski definition) is 3. The van der Waals surface area contributed by atoms with Crippen molar-refractivity contribution in [2.75, 3.05) is 27.2 Å². The zero-order valence-corrected chi connectivity index (χ0v) is 12.6. The Morgan fingerprint density at radius 3 is 2.65 bits per heavy atom. The number of guanidine groups is 1. The molecule has 0 saturated carbocycles. The third-order valence-electron chi connectivity index (χ3n) is 2.35. The van der Waals surface area contributed by atoms with Crippen molar-refractivity contribution >= 4 is 27.6 Å². The van der Waals surface area contributed by atoms with Gasteiger partial charge >= 0.3 is 0 Å². The van der Waals surface area contributed by atoms with Gasteiger partial charge in [0.2, 0.25) is 10.0 Å². The van der Waals surface area contributed by atoms with Crippen LogP contribution in [0.5, 0.6) is 0 Å². The first kappa shape index (κ1) is 16.7. The van der Waals surface area contributed by atoms with Gasteiger partial charge in [-0.05, 0) is 18.2 Å². The highest BCUT2D eigenvalue weighted by atomic mass is 35.5. The van der Waals surface area contributed by atoms with Crippen molar-refractivity contribution in [1.82, 2.24) is 15.4 Å². The number of aliphatic imine (C=N–C) groups is 1. The highest BCUT2D eigenvalue weighted by Crippen LogP contribution is 2.21. The van der Waals surface area contributed by atoms with Crippen LogP contribution in [0.4, 0.5) is 4.39 Å². The van der Waals surface area contributed by atoms with E-state index in [1.165, 1.54) is 0 Å². The molecule has 0 atom stereocenters. The number of halogens is 2. The van der Waals surface area contributed by atoms with Gasteiger partial charge in [-0.25, -0.2) is 17.5 Å². The molecule has 0 radical (unpaired) electrons. The van der Waals surface area contributed by atoms with Crippen LogP contribution in [0.3, 0.4) is 0 Å². The second kappa shape index (κ2) is 7.41. The van der Waals surface area contributed by atoms with Gasteiger partial charge in [0.15, 0.2) is 5.96 Å². The minimum absolute atomic E-state index is 0.136. The maximum absolute atomic E-state index is 12.9. The summed E-state index contributed by atoms with van der Waals surface area (Å²) >= 11 is 5.72. The van der Waals surface area contributed by atoms with Crippen molar-refractivity contribution in [3.63, 3.8) is 0 Å². The predicted molar refractivity (Wildman–Crippen MR) is 77.0 cm³/mol. The first-order valence-corrected chi connectivity index (χ1v) is 7.60. The summed E-state index contributed by atoms with van der Waals surface area (Å²) in [5.74, 6) is -0.0440. The van der Waals surface area contributed by atoms with Gasteiger partial charge in [-0.2, -0.15) is 0 Å². The second-order valence-electron chi connectivity index (χ2n) is 3.72. The molecule has 0 heterocycles. The van der Waals surface area contributed by atoms with Gasteiger partial charge < -0.3 is 10.6 Å². The van der Waals surface area contributed by atoms with E-state index in [2.05, 4.69) is 20.3 Å². The average Bonchev–Trinajstić information content (AvgIpc) is 2.38. The van der Waals surface area contributed by atoms with Crippen molar-refractivity contribution in [3.8, 4) is 0 Å². The number of hydrogen-bond donors (Lipinski definition) is 3. The summed E-state index contributed by atoms with van der Waals surface area (Å²) in [5, 5.41) is 5.53. The molecule has 1 rings (SSSR count). The second-order valence-corrected chi connectivity index (χ2v) is 5.86. The molecule has 0 aromatic heterocycles. The quantitative estimate of drug-likeness (QED) is 0.420. The summed E-state index contributed by atoms with van der Waals surface area (Å²) in [7, 11) is -0.477. The minimum atomic E-state index is -3.77. The monoisotopic (exact) mass is 322 g/mol. The van der Waals surface area contributed by atoms with Crippen LogP contribution in [-0.2, 0) is 10.0 Å². The average molecular weight is 323 g/mol. The van der Waals surface area contributed by atoms with Gasteiger partial charge in [-0.3, -0.25) is 4.99 Å². The van der Waals surface area contributed by atoms with E-state index in [0.717, 1.165) is 18.2 Å². The summed E-state index contributed by atoms with van der Waals surface area (Å²) in [5.41, 5.74) is 0. The molecule has 0 spiro atoms. The van der Waals surface area contributed by atoms with E-state index in [1.54, 1.807) is 14.1 Å². The summed E-state index contributed by atoms with van der Waals surface area (Å²) in [6.07, 6.45) is 0.